The van der Waals surface area contributed by atoms with Gasteiger partial charge in [-0.1, -0.05) is 30.3 Å². The molecule has 1 aliphatic heterocycles. The Hall–Kier alpha value is -0.860. The van der Waals surface area contributed by atoms with Crippen LogP contribution in [0.2, 0.25) is 0 Å². The Morgan fingerprint density at radius 3 is 2.86 bits per heavy atom. The number of hydrogen-bond acceptors (Lipinski definition) is 2. The Kier molecular flexibility index (Phi) is 3.17. The van der Waals surface area contributed by atoms with Crippen molar-refractivity contribution in [1.82, 2.24) is 10.2 Å². The molecule has 0 aliphatic carbocycles. The van der Waals surface area contributed by atoms with Crippen molar-refractivity contribution in [1.29, 1.82) is 0 Å². The minimum Gasteiger partial charge on any atom is -0.314 e. The third-order valence-corrected chi connectivity index (χ3v) is 2.96. The SMILES string of the molecule is CN1CCNC[C@@H]1Cc1ccccc1. The van der Waals surface area contributed by atoms with Gasteiger partial charge in [0.05, 0.1) is 0 Å². The first-order valence-corrected chi connectivity index (χ1v) is 5.31. The lowest BCUT2D eigenvalue weighted by molar-refractivity contribution is 0.199. The molecule has 1 heterocycles. The van der Waals surface area contributed by atoms with Crippen LogP contribution in [-0.4, -0.2) is 37.6 Å². The summed E-state index contributed by atoms with van der Waals surface area (Å²) < 4.78 is 0. The zero-order valence-corrected chi connectivity index (χ0v) is 8.74. The molecule has 1 saturated heterocycles. The van der Waals surface area contributed by atoms with Crippen LogP contribution in [0.5, 0.6) is 0 Å². The Balaban J connectivity index is 1.96. The molecule has 76 valence electrons. The van der Waals surface area contributed by atoms with E-state index in [9.17, 15) is 0 Å². The second-order valence-corrected chi connectivity index (χ2v) is 4.03. The van der Waals surface area contributed by atoms with Crippen LogP contribution in [0.15, 0.2) is 30.3 Å². The van der Waals surface area contributed by atoms with Crippen LogP contribution in [0, 0.1) is 0 Å². The van der Waals surface area contributed by atoms with Gasteiger partial charge in [0.1, 0.15) is 0 Å². The zero-order valence-electron chi connectivity index (χ0n) is 8.74. The summed E-state index contributed by atoms with van der Waals surface area (Å²) in [5.74, 6) is 0. The van der Waals surface area contributed by atoms with Crippen molar-refractivity contribution in [3.8, 4) is 0 Å². The van der Waals surface area contributed by atoms with E-state index in [0.29, 0.717) is 6.04 Å². The molecule has 0 spiro atoms. The molecule has 14 heavy (non-hydrogen) atoms. The van der Waals surface area contributed by atoms with Gasteiger partial charge < -0.3 is 10.2 Å². The molecule has 0 unspecified atom stereocenters. The zero-order chi connectivity index (χ0) is 9.80. The number of benzene rings is 1. The molecule has 0 radical (unpaired) electrons. The smallest absolute Gasteiger partial charge is 0.0258 e. The van der Waals surface area contributed by atoms with Crippen LogP contribution >= 0.6 is 0 Å². The van der Waals surface area contributed by atoms with Crippen molar-refractivity contribution in [2.45, 2.75) is 12.5 Å². The van der Waals surface area contributed by atoms with Crippen molar-refractivity contribution < 1.29 is 0 Å². The van der Waals surface area contributed by atoms with E-state index in [1.165, 1.54) is 5.56 Å². The number of piperazine rings is 1. The highest BCUT2D eigenvalue weighted by atomic mass is 15.2. The largest absolute Gasteiger partial charge is 0.314 e. The summed E-state index contributed by atoms with van der Waals surface area (Å²) in [5.41, 5.74) is 1.44. The summed E-state index contributed by atoms with van der Waals surface area (Å²) >= 11 is 0. The minimum atomic E-state index is 0.658. The molecule has 0 saturated carbocycles. The maximum Gasteiger partial charge on any atom is 0.0258 e. The van der Waals surface area contributed by atoms with E-state index < -0.39 is 0 Å². The lowest BCUT2D eigenvalue weighted by Crippen LogP contribution is -2.50. The molecule has 1 aromatic carbocycles. The Morgan fingerprint density at radius 2 is 2.14 bits per heavy atom. The first-order chi connectivity index (χ1) is 6.86. The maximum absolute atomic E-state index is 3.44. The lowest BCUT2D eigenvalue weighted by atomic mass is 10.0. The fourth-order valence-electron chi connectivity index (χ4n) is 1.98. The van der Waals surface area contributed by atoms with E-state index in [0.717, 1.165) is 26.1 Å². The number of nitrogens with zero attached hydrogens (tertiary/aromatic N) is 1. The van der Waals surface area contributed by atoms with E-state index in [-0.39, 0.29) is 0 Å². The summed E-state index contributed by atoms with van der Waals surface area (Å²) in [4.78, 5) is 2.45. The molecule has 1 aromatic rings. The fraction of sp³-hybridized carbons (Fsp3) is 0.500. The van der Waals surface area contributed by atoms with Crippen molar-refractivity contribution in [2.75, 3.05) is 26.7 Å². The quantitative estimate of drug-likeness (QED) is 0.752. The Bertz CT molecular complexity index is 271. The summed E-state index contributed by atoms with van der Waals surface area (Å²) in [6.07, 6.45) is 1.16. The number of rotatable bonds is 2. The Morgan fingerprint density at radius 1 is 1.36 bits per heavy atom. The highest BCUT2D eigenvalue weighted by Crippen LogP contribution is 2.08. The second-order valence-electron chi connectivity index (χ2n) is 4.03. The number of likely N-dealkylation sites (N-methyl/N-ethyl adjacent to an activating group) is 1. The predicted molar refractivity (Wildman–Crippen MR) is 59.4 cm³/mol. The third kappa shape index (κ3) is 2.34. The van der Waals surface area contributed by atoms with Crippen LogP contribution in [0.4, 0.5) is 0 Å². The van der Waals surface area contributed by atoms with Crippen molar-refractivity contribution in [3.63, 3.8) is 0 Å². The van der Waals surface area contributed by atoms with Gasteiger partial charge in [0, 0.05) is 25.7 Å². The van der Waals surface area contributed by atoms with Gasteiger partial charge >= 0.3 is 0 Å². The summed E-state index contributed by atoms with van der Waals surface area (Å²) in [6, 6.07) is 11.4. The molecule has 1 N–H and O–H groups in total. The van der Waals surface area contributed by atoms with Gasteiger partial charge in [-0.05, 0) is 19.0 Å². The number of nitrogens with one attached hydrogen (secondary N) is 1. The topological polar surface area (TPSA) is 15.3 Å². The molecule has 1 atom stereocenters. The standard InChI is InChI=1S/C12H18N2/c1-14-8-7-13-10-12(14)9-11-5-3-2-4-6-11/h2-6,12-13H,7-10H2,1H3/t12-/m0/s1. The van der Waals surface area contributed by atoms with Gasteiger partial charge in [-0.3, -0.25) is 0 Å². The first kappa shape index (κ1) is 9.69. The monoisotopic (exact) mass is 190 g/mol. The maximum atomic E-state index is 3.44. The third-order valence-electron chi connectivity index (χ3n) is 2.96. The average Bonchev–Trinajstić information content (AvgIpc) is 2.23. The van der Waals surface area contributed by atoms with E-state index in [2.05, 4.69) is 47.6 Å². The highest BCUT2D eigenvalue weighted by molar-refractivity contribution is 5.16. The molecule has 1 aliphatic rings. The van der Waals surface area contributed by atoms with E-state index >= 15 is 0 Å². The van der Waals surface area contributed by atoms with Crippen LogP contribution < -0.4 is 5.32 Å². The summed E-state index contributed by atoms with van der Waals surface area (Å²) in [7, 11) is 2.22. The van der Waals surface area contributed by atoms with Gasteiger partial charge in [0.15, 0.2) is 0 Å². The Labute approximate surface area is 85.9 Å². The molecule has 2 heteroatoms. The fourth-order valence-corrected chi connectivity index (χ4v) is 1.98. The van der Waals surface area contributed by atoms with Crippen LogP contribution in [0.1, 0.15) is 5.56 Å². The van der Waals surface area contributed by atoms with Gasteiger partial charge in [0.2, 0.25) is 0 Å². The van der Waals surface area contributed by atoms with Gasteiger partial charge in [-0.15, -0.1) is 0 Å². The molecule has 0 bridgehead atoms. The first-order valence-electron chi connectivity index (χ1n) is 5.31. The van der Waals surface area contributed by atoms with Crippen molar-refractivity contribution in [2.24, 2.45) is 0 Å². The molecule has 0 amide bonds. The molecular weight excluding hydrogens is 172 g/mol. The van der Waals surface area contributed by atoms with Gasteiger partial charge in [0.25, 0.3) is 0 Å². The molecule has 0 aromatic heterocycles. The molecule has 1 fully saturated rings. The molecular formula is C12H18N2. The predicted octanol–water partition coefficient (Wildman–Crippen LogP) is 1.13. The van der Waals surface area contributed by atoms with Gasteiger partial charge in [-0.2, -0.15) is 0 Å². The molecule has 2 nitrogen and oxygen atoms in total. The van der Waals surface area contributed by atoms with E-state index in [4.69, 9.17) is 0 Å². The normalized spacial score (nSPS) is 23.6. The van der Waals surface area contributed by atoms with E-state index in [1.54, 1.807) is 0 Å². The van der Waals surface area contributed by atoms with Crippen molar-refractivity contribution in [3.05, 3.63) is 35.9 Å². The summed E-state index contributed by atoms with van der Waals surface area (Å²) in [6.45, 7) is 3.41. The second kappa shape index (κ2) is 4.58. The lowest BCUT2D eigenvalue weighted by Gasteiger charge is -2.33. The average molecular weight is 190 g/mol. The van der Waals surface area contributed by atoms with Crippen LogP contribution in [0.25, 0.3) is 0 Å². The van der Waals surface area contributed by atoms with E-state index in [1.807, 2.05) is 0 Å². The van der Waals surface area contributed by atoms with Gasteiger partial charge in [-0.25, -0.2) is 0 Å². The van der Waals surface area contributed by atoms with Crippen LogP contribution in [0.3, 0.4) is 0 Å². The minimum absolute atomic E-state index is 0.658. The van der Waals surface area contributed by atoms with Crippen molar-refractivity contribution >= 4 is 0 Å². The van der Waals surface area contributed by atoms with Crippen LogP contribution in [-0.2, 0) is 6.42 Å². The molecule has 2 rings (SSSR count). The summed E-state index contributed by atoms with van der Waals surface area (Å²) in [5, 5.41) is 3.44. The highest BCUT2D eigenvalue weighted by Gasteiger charge is 2.18. The number of hydrogen-bond donors (Lipinski definition) is 1.